The van der Waals surface area contributed by atoms with Gasteiger partial charge in [0.05, 0.1) is 0 Å². The molecule has 0 bridgehead atoms. The van der Waals surface area contributed by atoms with Crippen LogP contribution >= 0.6 is 0 Å². The van der Waals surface area contributed by atoms with Gasteiger partial charge in [0.15, 0.2) is 0 Å². The number of nitriles is 1. The molecule has 2 aromatic rings. The van der Waals surface area contributed by atoms with Gasteiger partial charge in [0.1, 0.15) is 11.6 Å². The molecule has 3 rings (SSSR count). The summed E-state index contributed by atoms with van der Waals surface area (Å²) in [4.78, 5) is 4.73. The lowest BCUT2D eigenvalue weighted by Crippen LogP contribution is -2.44. The standard InChI is InChI=1S/C16H20N8/c1-12-9-14(24-7-5-23(2)6-8-24)3-4-15(12)18-11-13(10-17)16-19-21-22-20-16/h3-4,9,11,18H,5-8H2,1-2H3,(H,19,20,21,22). The first kappa shape index (κ1) is 16.0. The number of benzene rings is 1. The van der Waals surface area contributed by atoms with Crippen LogP contribution in [0.4, 0.5) is 11.4 Å². The molecular formula is C16H20N8. The van der Waals surface area contributed by atoms with Gasteiger partial charge in [-0.25, -0.2) is 0 Å². The Morgan fingerprint density at radius 3 is 2.75 bits per heavy atom. The Morgan fingerprint density at radius 1 is 1.33 bits per heavy atom. The third-order valence-electron chi connectivity index (χ3n) is 4.16. The molecule has 0 amide bonds. The number of allylic oxidation sites excluding steroid dienone is 1. The molecule has 124 valence electrons. The van der Waals surface area contributed by atoms with E-state index >= 15 is 0 Å². The number of aryl methyl sites for hydroxylation is 1. The molecule has 0 aliphatic carbocycles. The van der Waals surface area contributed by atoms with Crippen molar-refractivity contribution in [3.05, 3.63) is 35.8 Å². The van der Waals surface area contributed by atoms with E-state index in [9.17, 15) is 5.26 Å². The first-order valence-corrected chi connectivity index (χ1v) is 7.82. The highest BCUT2D eigenvalue weighted by Crippen LogP contribution is 2.24. The normalized spacial score (nSPS) is 16.0. The lowest BCUT2D eigenvalue weighted by molar-refractivity contribution is 0.313. The molecule has 0 atom stereocenters. The van der Waals surface area contributed by atoms with Crippen molar-refractivity contribution in [2.45, 2.75) is 6.92 Å². The van der Waals surface area contributed by atoms with Crippen LogP contribution in [0.15, 0.2) is 24.4 Å². The van der Waals surface area contributed by atoms with Crippen LogP contribution < -0.4 is 10.2 Å². The van der Waals surface area contributed by atoms with Crippen molar-refractivity contribution in [3.8, 4) is 6.07 Å². The predicted molar refractivity (Wildman–Crippen MR) is 92.3 cm³/mol. The molecular weight excluding hydrogens is 304 g/mol. The SMILES string of the molecule is Cc1cc(N2CCN(C)CC2)ccc1NC=C(C#N)c1nn[nH]n1. The molecule has 2 heterocycles. The van der Waals surface area contributed by atoms with Crippen molar-refractivity contribution in [2.24, 2.45) is 0 Å². The number of H-pyrrole nitrogens is 1. The molecule has 8 heteroatoms. The first-order chi connectivity index (χ1) is 11.7. The smallest absolute Gasteiger partial charge is 0.216 e. The molecule has 0 saturated carbocycles. The molecule has 2 N–H and O–H groups in total. The summed E-state index contributed by atoms with van der Waals surface area (Å²) in [5, 5.41) is 25.8. The number of likely N-dealkylation sites (N-methyl/N-ethyl adjacent to an activating group) is 1. The summed E-state index contributed by atoms with van der Waals surface area (Å²) in [7, 11) is 2.15. The molecule has 0 spiro atoms. The topological polar surface area (TPSA) is 96.8 Å². The number of aromatic amines is 1. The minimum Gasteiger partial charge on any atom is -0.369 e. The van der Waals surface area contributed by atoms with Gasteiger partial charge in [-0.05, 0) is 42.9 Å². The Labute approximate surface area is 140 Å². The van der Waals surface area contributed by atoms with Crippen molar-refractivity contribution < 1.29 is 0 Å². The minimum atomic E-state index is 0.275. The zero-order chi connectivity index (χ0) is 16.9. The minimum absolute atomic E-state index is 0.275. The molecule has 1 saturated heterocycles. The van der Waals surface area contributed by atoms with E-state index in [1.54, 1.807) is 6.20 Å². The van der Waals surface area contributed by atoms with E-state index in [1.165, 1.54) is 5.69 Å². The van der Waals surface area contributed by atoms with Crippen molar-refractivity contribution in [1.82, 2.24) is 25.5 Å². The van der Waals surface area contributed by atoms with Gasteiger partial charge in [0.25, 0.3) is 0 Å². The van der Waals surface area contributed by atoms with Gasteiger partial charge in [0.2, 0.25) is 5.82 Å². The average Bonchev–Trinajstić information content (AvgIpc) is 3.12. The molecule has 1 aliphatic heterocycles. The van der Waals surface area contributed by atoms with E-state index in [0.29, 0.717) is 5.57 Å². The summed E-state index contributed by atoms with van der Waals surface area (Å²) in [6.45, 7) is 6.30. The van der Waals surface area contributed by atoms with Crippen LogP contribution in [0.1, 0.15) is 11.4 Å². The summed E-state index contributed by atoms with van der Waals surface area (Å²) < 4.78 is 0. The van der Waals surface area contributed by atoms with E-state index in [0.717, 1.165) is 37.4 Å². The van der Waals surface area contributed by atoms with Gasteiger partial charge in [-0.1, -0.05) is 0 Å². The van der Waals surface area contributed by atoms with Crippen molar-refractivity contribution in [3.63, 3.8) is 0 Å². The zero-order valence-electron chi connectivity index (χ0n) is 13.8. The van der Waals surface area contributed by atoms with Crippen LogP contribution in [0.5, 0.6) is 0 Å². The average molecular weight is 324 g/mol. The van der Waals surface area contributed by atoms with E-state index in [-0.39, 0.29) is 5.82 Å². The summed E-state index contributed by atoms with van der Waals surface area (Å²) >= 11 is 0. The van der Waals surface area contributed by atoms with Crippen LogP contribution in [0.25, 0.3) is 5.57 Å². The van der Waals surface area contributed by atoms with Gasteiger partial charge in [0, 0.05) is 43.8 Å². The lowest BCUT2D eigenvalue weighted by atomic mass is 10.1. The number of tetrazole rings is 1. The fourth-order valence-corrected chi connectivity index (χ4v) is 2.64. The van der Waals surface area contributed by atoms with E-state index in [2.05, 4.69) is 67.9 Å². The van der Waals surface area contributed by atoms with Crippen LogP contribution in [0, 0.1) is 18.3 Å². The van der Waals surface area contributed by atoms with Crippen molar-refractivity contribution in [2.75, 3.05) is 43.4 Å². The Hall–Kier alpha value is -2.92. The van der Waals surface area contributed by atoms with E-state index in [4.69, 9.17) is 0 Å². The van der Waals surface area contributed by atoms with Gasteiger partial charge < -0.3 is 15.1 Å². The van der Waals surface area contributed by atoms with Crippen LogP contribution in [-0.4, -0.2) is 58.8 Å². The van der Waals surface area contributed by atoms with Crippen LogP contribution in [0.2, 0.25) is 0 Å². The largest absolute Gasteiger partial charge is 0.369 e. The second-order valence-electron chi connectivity index (χ2n) is 5.84. The second kappa shape index (κ2) is 7.10. The van der Waals surface area contributed by atoms with E-state index in [1.807, 2.05) is 6.07 Å². The lowest BCUT2D eigenvalue weighted by Gasteiger charge is -2.34. The highest BCUT2D eigenvalue weighted by Gasteiger charge is 2.14. The molecule has 1 aromatic heterocycles. The molecule has 8 nitrogen and oxygen atoms in total. The zero-order valence-corrected chi connectivity index (χ0v) is 13.8. The van der Waals surface area contributed by atoms with Gasteiger partial charge in [-0.15, -0.1) is 10.2 Å². The highest BCUT2D eigenvalue weighted by atomic mass is 15.5. The number of nitrogens with one attached hydrogen (secondary N) is 2. The number of aromatic nitrogens is 4. The summed E-state index contributed by atoms with van der Waals surface area (Å²) in [5.41, 5.74) is 3.62. The van der Waals surface area contributed by atoms with Gasteiger partial charge >= 0.3 is 0 Å². The van der Waals surface area contributed by atoms with Gasteiger partial charge in [-0.3, -0.25) is 0 Å². The highest BCUT2D eigenvalue weighted by molar-refractivity contribution is 5.74. The summed E-state index contributed by atoms with van der Waals surface area (Å²) in [6.07, 6.45) is 1.60. The number of hydrogen-bond donors (Lipinski definition) is 2. The summed E-state index contributed by atoms with van der Waals surface area (Å²) in [5.74, 6) is 0.275. The fraction of sp³-hybridized carbons (Fsp3) is 0.375. The maximum Gasteiger partial charge on any atom is 0.216 e. The Morgan fingerprint density at radius 2 is 2.12 bits per heavy atom. The predicted octanol–water partition coefficient (Wildman–Crippen LogP) is 1.24. The number of hydrogen-bond acceptors (Lipinski definition) is 7. The van der Waals surface area contributed by atoms with Crippen LogP contribution in [-0.2, 0) is 0 Å². The second-order valence-corrected chi connectivity index (χ2v) is 5.84. The molecule has 1 aliphatic rings. The molecule has 0 radical (unpaired) electrons. The molecule has 1 fully saturated rings. The quantitative estimate of drug-likeness (QED) is 0.817. The van der Waals surface area contributed by atoms with E-state index < -0.39 is 0 Å². The summed E-state index contributed by atoms with van der Waals surface area (Å²) in [6, 6.07) is 8.37. The molecule has 0 unspecified atom stereocenters. The van der Waals surface area contributed by atoms with Crippen molar-refractivity contribution in [1.29, 1.82) is 5.26 Å². The Bertz CT molecular complexity index is 751. The third kappa shape index (κ3) is 3.52. The third-order valence-corrected chi connectivity index (χ3v) is 4.16. The maximum atomic E-state index is 9.19. The number of rotatable bonds is 4. The Kier molecular flexibility index (Phi) is 4.72. The maximum absolute atomic E-state index is 9.19. The number of anilines is 2. The van der Waals surface area contributed by atoms with Gasteiger partial charge in [-0.2, -0.15) is 10.5 Å². The molecule has 1 aromatic carbocycles. The fourth-order valence-electron chi connectivity index (χ4n) is 2.64. The number of nitrogens with zero attached hydrogens (tertiary/aromatic N) is 6. The van der Waals surface area contributed by atoms with Crippen LogP contribution in [0.3, 0.4) is 0 Å². The first-order valence-electron chi connectivity index (χ1n) is 7.82. The molecule has 24 heavy (non-hydrogen) atoms. The number of piperazine rings is 1. The van der Waals surface area contributed by atoms with Crippen molar-refractivity contribution >= 4 is 16.9 Å². The monoisotopic (exact) mass is 324 g/mol. The Balaban J connectivity index is 1.72.